The molecule has 0 saturated carbocycles. The summed E-state index contributed by atoms with van der Waals surface area (Å²) in [5.41, 5.74) is 1.30. The van der Waals surface area contributed by atoms with E-state index in [0.717, 1.165) is 5.69 Å². The van der Waals surface area contributed by atoms with Gasteiger partial charge in [0.25, 0.3) is 5.91 Å². The summed E-state index contributed by atoms with van der Waals surface area (Å²) in [6, 6.07) is 11.9. The van der Waals surface area contributed by atoms with Crippen LogP contribution in [0.25, 0.3) is 0 Å². The molecule has 1 aliphatic rings. The number of halogens is 1. The maximum atomic E-state index is 13.8. The van der Waals surface area contributed by atoms with Crippen LogP contribution in [0, 0.1) is 5.82 Å². The van der Waals surface area contributed by atoms with E-state index in [2.05, 4.69) is 5.32 Å². The predicted octanol–water partition coefficient (Wildman–Crippen LogP) is 3.26. The first-order valence-corrected chi connectivity index (χ1v) is 8.13. The maximum Gasteiger partial charge on any atom is 0.265 e. The molecule has 1 heterocycles. The normalized spacial score (nSPS) is 13.2. The smallest absolute Gasteiger partial charge is 0.265 e. The van der Waals surface area contributed by atoms with Crippen molar-refractivity contribution in [2.75, 3.05) is 29.9 Å². The Bertz CT molecular complexity index is 807. The van der Waals surface area contributed by atoms with Crippen LogP contribution in [0.4, 0.5) is 15.8 Å². The van der Waals surface area contributed by atoms with E-state index in [1.807, 2.05) is 24.3 Å². The van der Waals surface area contributed by atoms with E-state index in [9.17, 15) is 14.0 Å². The van der Waals surface area contributed by atoms with E-state index in [0.29, 0.717) is 30.9 Å². The van der Waals surface area contributed by atoms with Gasteiger partial charge in [0.2, 0.25) is 0 Å². The zero-order valence-electron chi connectivity index (χ0n) is 13.9. The third kappa shape index (κ3) is 3.63. The summed E-state index contributed by atoms with van der Waals surface area (Å²) in [5.74, 6) is -0.249. The first kappa shape index (κ1) is 17.0. The number of hydrogen-bond donors (Lipinski definition) is 1. The molecule has 130 valence electrons. The molecule has 2 aromatic rings. The van der Waals surface area contributed by atoms with Gasteiger partial charge in [0.05, 0.1) is 11.3 Å². The fraction of sp³-hybridized carbons (Fsp3) is 0.263. The summed E-state index contributed by atoms with van der Waals surface area (Å²) in [4.78, 5) is 25.4. The van der Waals surface area contributed by atoms with Gasteiger partial charge in [-0.25, -0.2) is 4.39 Å². The van der Waals surface area contributed by atoms with Crippen molar-refractivity contribution in [2.24, 2.45) is 0 Å². The minimum atomic E-state index is -0.533. The van der Waals surface area contributed by atoms with Crippen LogP contribution >= 0.6 is 0 Å². The number of carbonyl (C=O) groups excluding carboxylic acids is 2. The Hall–Kier alpha value is -2.89. The molecule has 0 atom stereocenters. The van der Waals surface area contributed by atoms with Crippen molar-refractivity contribution in [2.45, 2.75) is 13.3 Å². The van der Waals surface area contributed by atoms with E-state index in [1.165, 1.54) is 13.0 Å². The third-order valence-electron chi connectivity index (χ3n) is 4.05. The average molecular weight is 342 g/mol. The number of anilines is 2. The van der Waals surface area contributed by atoms with Gasteiger partial charge in [-0.05, 0) is 37.6 Å². The number of hydrogen-bond acceptors (Lipinski definition) is 4. The van der Waals surface area contributed by atoms with E-state index in [4.69, 9.17) is 4.74 Å². The fourth-order valence-electron chi connectivity index (χ4n) is 2.89. The molecule has 2 aromatic carbocycles. The molecule has 0 unspecified atom stereocenters. The van der Waals surface area contributed by atoms with Crippen LogP contribution in [-0.4, -0.2) is 31.4 Å². The van der Waals surface area contributed by atoms with Crippen molar-refractivity contribution in [1.82, 2.24) is 0 Å². The Balaban J connectivity index is 1.62. The van der Waals surface area contributed by atoms with Crippen molar-refractivity contribution < 1.29 is 18.7 Å². The van der Waals surface area contributed by atoms with Crippen molar-refractivity contribution in [3.63, 3.8) is 0 Å². The van der Waals surface area contributed by atoms with E-state index < -0.39 is 5.82 Å². The molecule has 25 heavy (non-hydrogen) atoms. The second-order valence-corrected chi connectivity index (χ2v) is 5.80. The minimum Gasteiger partial charge on any atom is -0.482 e. The lowest BCUT2D eigenvalue weighted by Crippen LogP contribution is -2.39. The summed E-state index contributed by atoms with van der Waals surface area (Å²) < 4.78 is 19.2. The predicted molar refractivity (Wildman–Crippen MR) is 93.8 cm³/mol. The first-order valence-electron chi connectivity index (χ1n) is 8.13. The number of ketones is 1. The molecule has 0 aromatic heterocycles. The number of benzene rings is 2. The zero-order chi connectivity index (χ0) is 17.8. The molecule has 1 N–H and O–H groups in total. The molecule has 3 rings (SSSR count). The Kier molecular flexibility index (Phi) is 4.97. The number of para-hydroxylation sites is 2. The molecule has 0 fully saturated rings. The van der Waals surface area contributed by atoms with Crippen LogP contribution in [0.1, 0.15) is 23.7 Å². The average Bonchev–Trinajstić information content (AvgIpc) is 2.60. The largest absolute Gasteiger partial charge is 0.482 e. The van der Waals surface area contributed by atoms with Crippen LogP contribution in [0.2, 0.25) is 0 Å². The Morgan fingerprint density at radius 1 is 1.24 bits per heavy atom. The summed E-state index contributed by atoms with van der Waals surface area (Å²) in [6.45, 7) is 2.39. The van der Waals surface area contributed by atoms with E-state index >= 15 is 0 Å². The van der Waals surface area contributed by atoms with Crippen LogP contribution in [0.15, 0.2) is 42.5 Å². The summed E-state index contributed by atoms with van der Waals surface area (Å²) in [7, 11) is 0. The highest BCUT2D eigenvalue weighted by atomic mass is 19.1. The van der Waals surface area contributed by atoms with Gasteiger partial charge in [-0.2, -0.15) is 0 Å². The lowest BCUT2D eigenvalue weighted by Gasteiger charge is -2.29. The quantitative estimate of drug-likeness (QED) is 0.647. The van der Waals surface area contributed by atoms with Crippen LogP contribution in [-0.2, 0) is 4.79 Å². The van der Waals surface area contributed by atoms with Gasteiger partial charge in [0.15, 0.2) is 12.4 Å². The van der Waals surface area contributed by atoms with Crippen molar-refractivity contribution >= 4 is 23.1 Å². The Labute approximate surface area is 145 Å². The van der Waals surface area contributed by atoms with Crippen molar-refractivity contribution in [1.29, 1.82) is 0 Å². The molecular weight excluding hydrogens is 323 g/mol. The van der Waals surface area contributed by atoms with Crippen molar-refractivity contribution in [3.05, 3.63) is 53.8 Å². The molecule has 0 aliphatic carbocycles. The monoisotopic (exact) mass is 342 g/mol. The molecule has 0 radical (unpaired) electrons. The van der Waals surface area contributed by atoms with Crippen LogP contribution < -0.4 is 15.0 Å². The molecular formula is C19H19FN2O3. The molecule has 1 amide bonds. The number of fused-ring (bicyclic) bond motifs is 1. The molecule has 0 saturated heterocycles. The van der Waals surface area contributed by atoms with Crippen LogP contribution in [0.3, 0.4) is 0 Å². The molecule has 0 bridgehead atoms. The lowest BCUT2D eigenvalue weighted by molar-refractivity contribution is -0.121. The maximum absolute atomic E-state index is 13.8. The minimum absolute atomic E-state index is 0.0306. The SMILES string of the molecule is CC(=O)c1c(F)cccc1NCCCN1C(=O)COc2ccccc21. The summed E-state index contributed by atoms with van der Waals surface area (Å²) >= 11 is 0. The number of amides is 1. The summed E-state index contributed by atoms with van der Waals surface area (Å²) in [6.07, 6.45) is 0.647. The number of rotatable bonds is 6. The fourth-order valence-corrected chi connectivity index (χ4v) is 2.89. The van der Waals surface area contributed by atoms with E-state index in [-0.39, 0.29) is 23.9 Å². The second kappa shape index (κ2) is 7.34. The number of Topliss-reactive ketones (excluding diaryl/α,β-unsaturated/α-hetero) is 1. The molecule has 0 spiro atoms. The highest BCUT2D eigenvalue weighted by molar-refractivity contribution is 6.00. The van der Waals surface area contributed by atoms with Gasteiger partial charge in [-0.15, -0.1) is 0 Å². The van der Waals surface area contributed by atoms with E-state index in [1.54, 1.807) is 17.0 Å². The highest BCUT2D eigenvalue weighted by Gasteiger charge is 2.24. The number of ether oxygens (including phenoxy) is 1. The Morgan fingerprint density at radius 2 is 2.04 bits per heavy atom. The number of nitrogens with one attached hydrogen (secondary N) is 1. The van der Waals surface area contributed by atoms with Gasteiger partial charge in [-0.1, -0.05) is 18.2 Å². The standard InChI is InChI=1S/C19H19FN2O3/c1-13(23)19-14(20)6-4-7-15(19)21-10-5-11-22-16-8-2-3-9-17(16)25-12-18(22)24/h2-4,6-9,21H,5,10-12H2,1H3. The van der Waals surface area contributed by atoms with Gasteiger partial charge in [0.1, 0.15) is 11.6 Å². The highest BCUT2D eigenvalue weighted by Crippen LogP contribution is 2.31. The van der Waals surface area contributed by atoms with Gasteiger partial charge in [0, 0.05) is 18.8 Å². The van der Waals surface area contributed by atoms with Crippen molar-refractivity contribution in [3.8, 4) is 5.75 Å². The molecule has 6 heteroatoms. The zero-order valence-corrected chi connectivity index (χ0v) is 13.9. The first-order chi connectivity index (χ1) is 12.1. The Morgan fingerprint density at radius 3 is 2.84 bits per heavy atom. The topological polar surface area (TPSA) is 58.6 Å². The number of nitrogens with zero attached hydrogens (tertiary/aromatic N) is 1. The lowest BCUT2D eigenvalue weighted by atomic mass is 10.1. The number of carbonyl (C=O) groups is 2. The molecule has 5 nitrogen and oxygen atoms in total. The second-order valence-electron chi connectivity index (χ2n) is 5.80. The third-order valence-corrected chi connectivity index (χ3v) is 4.05. The van der Waals surface area contributed by atoms with Gasteiger partial charge < -0.3 is 15.0 Å². The van der Waals surface area contributed by atoms with Gasteiger partial charge >= 0.3 is 0 Å². The van der Waals surface area contributed by atoms with Crippen LogP contribution in [0.5, 0.6) is 5.75 Å². The van der Waals surface area contributed by atoms with Gasteiger partial charge in [-0.3, -0.25) is 9.59 Å². The summed E-state index contributed by atoms with van der Waals surface area (Å²) in [5, 5.41) is 3.08. The molecule has 1 aliphatic heterocycles.